The van der Waals surface area contributed by atoms with E-state index in [1.54, 1.807) is 0 Å². The Morgan fingerprint density at radius 1 is 0.882 bits per heavy atom. The van der Waals surface area contributed by atoms with Crippen molar-refractivity contribution in [1.82, 2.24) is 5.43 Å². The maximum atomic E-state index is 10.5. The van der Waals surface area contributed by atoms with Gasteiger partial charge in [-0.05, 0) is 0 Å². The van der Waals surface area contributed by atoms with E-state index in [1.165, 1.54) is 0 Å². The quantitative estimate of drug-likeness (QED) is 0.179. The summed E-state index contributed by atoms with van der Waals surface area (Å²) < 4.78 is 20.0. The van der Waals surface area contributed by atoms with Gasteiger partial charge in [-0.3, -0.25) is 5.43 Å². The predicted octanol–water partition coefficient (Wildman–Crippen LogP) is -1.41. The second-order valence-electron chi connectivity index (χ2n) is 2.91. The Bertz CT molecular complexity index is 182. The van der Waals surface area contributed by atoms with Gasteiger partial charge >= 0.3 is 6.09 Å². The smallest absolute Gasteiger partial charge is 0.421 e. The number of nitrogens with two attached hydrogens (primary N) is 2. The lowest BCUT2D eigenvalue weighted by atomic mass is 10.7. The molecule has 17 heavy (non-hydrogen) atoms. The van der Waals surface area contributed by atoms with Gasteiger partial charge in [0, 0.05) is 6.54 Å². The molecule has 0 aliphatic carbocycles. The Kier molecular flexibility index (Phi) is 12.4. The first-order valence-corrected chi connectivity index (χ1v) is 5.38. The summed E-state index contributed by atoms with van der Waals surface area (Å²) in [5.74, 6) is 4.80. The van der Waals surface area contributed by atoms with E-state index in [9.17, 15) is 4.79 Å². The molecule has 8 heteroatoms. The van der Waals surface area contributed by atoms with E-state index in [1.807, 2.05) is 5.43 Å². The Labute approximate surface area is 100 Å². The van der Waals surface area contributed by atoms with Crippen LogP contribution in [0, 0.1) is 0 Å². The first kappa shape index (κ1) is 16.1. The van der Waals surface area contributed by atoms with E-state index >= 15 is 0 Å². The molecule has 0 aromatic rings. The highest BCUT2D eigenvalue weighted by Crippen LogP contribution is 1.82. The van der Waals surface area contributed by atoms with E-state index in [4.69, 9.17) is 25.8 Å². The van der Waals surface area contributed by atoms with Crippen molar-refractivity contribution >= 4 is 6.09 Å². The fraction of sp³-hybridized carbons (Fsp3) is 0.889. The summed E-state index contributed by atoms with van der Waals surface area (Å²) in [5.41, 5.74) is 7.07. The highest BCUT2D eigenvalue weighted by molar-refractivity contribution is 5.66. The third kappa shape index (κ3) is 13.0. The molecule has 0 radical (unpaired) electrons. The maximum Gasteiger partial charge on any atom is 0.421 e. The molecule has 0 saturated carbocycles. The molecule has 0 atom stereocenters. The zero-order chi connectivity index (χ0) is 12.8. The molecule has 0 rings (SSSR count). The van der Waals surface area contributed by atoms with Crippen molar-refractivity contribution in [3.05, 3.63) is 0 Å². The summed E-state index contributed by atoms with van der Waals surface area (Å²) in [5, 5.41) is 0. The number of carbonyl (C=O) groups excluding carboxylic acids is 1. The molecule has 0 aliphatic heterocycles. The average molecular weight is 251 g/mol. The van der Waals surface area contributed by atoms with Crippen LogP contribution in [-0.2, 0) is 18.9 Å². The van der Waals surface area contributed by atoms with Gasteiger partial charge in [-0.25, -0.2) is 10.6 Å². The van der Waals surface area contributed by atoms with E-state index in [0.717, 1.165) is 0 Å². The van der Waals surface area contributed by atoms with E-state index in [2.05, 4.69) is 4.74 Å². The Morgan fingerprint density at radius 3 is 1.82 bits per heavy atom. The third-order valence-corrected chi connectivity index (χ3v) is 1.58. The van der Waals surface area contributed by atoms with Crippen LogP contribution in [0.25, 0.3) is 0 Å². The number of hydrogen-bond acceptors (Lipinski definition) is 7. The van der Waals surface area contributed by atoms with Gasteiger partial charge in [0.25, 0.3) is 0 Å². The minimum atomic E-state index is -0.679. The number of amides is 1. The lowest BCUT2D eigenvalue weighted by molar-refractivity contribution is 0.00677. The van der Waals surface area contributed by atoms with E-state index in [-0.39, 0.29) is 6.61 Å². The van der Waals surface area contributed by atoms with E-state index < -0.39 is 6.09 Å². The second kappa shape index (κ2) is 13.1. The number of hydrazine groups is 1. The first-order chi connectivity index (χ1) is 8.31. The monoisotopic (exact) mass is 251 g/mol. The molecule has 0 unspecified atom stereocenters. The first-order valence-electron chi connectivity index (χ1n) is 5.38. The van der Waals surface area contributed by atoms with Crippen molar-refractivity contribution in [3.8, 4) is 0 Å². The third-order valence-electron chi connectivity index (χ3n) is 1.58. The second-order valence-corrected chi connectivity index (χ2v) is 2.91. The molecule has 0 spiro atoms. The Hall–Kier alpha value is -0.930. The molecule has 5 N–H and O–H groups in total. The molecule has 1 amide bonds. The highest BCUT2D eigenvalue weighted by atomic mass is 16.6. The number of rotatable bonds is 11. The number of ether oxygens (including phenoxy) is 4. The normalized spacial score (nSPS) is 10.2. The summed E-state index contributed by atoms with van der Waals surface area (Å²) in [6, 6.07) is 0. The minimum absolute atomic E-state index is 0.155. The molecule has 0 bridgehead atoms. The summed E-state index contributed by atoms with van der Waals surface area (Å²) in [7, 11) is 0. The zero-order valence-electron chi connectivity index (χ0n) is 9.85. The number of carbonyl (C=O) groups is 1. The molecule has 0 aliphatic rings. The van der Waals surface area contributed by atoms with Crippen LogP contribution in [0.3, 0.4) is 0 Å². The van der Waals surface area contributed by atoms with Crippen LogP contribution in [0.2, 0.25) is 0 Å². The van der Waals surface area contributed by atoms with E-state index in [0.29, 0.717) is 46.2 Å². The van der Waals surface area contributed by atoms with Crippen LogP contribution in [0.15, 0.2) is 0 Å². The van der Waals surface area contributed by atoms with Crippen LogP contribution >= 0.6 is 0 Å². The topological polar surface area (TPSA) is 118 Å². The molecular formula is C9H21N3O5. The molecule has 0 heterocycles. The summed E-state index contributed by atoms with van der Waals surface area (Å²) >= 11 is 0. The number of hydrogen-bond donors (Lipinski definition) is 3. The van der Waals surface area contributed by atoms with Crippen molar-refractivity contribution in [2.24, 2.45) is 11.6 Å². The van der Waals surface area contributed by atoms with Crippen molar-refractivity contribution < 1.29 is 23.7 Å². The summed E-state index contributed by atoms with van der Waals surface area (Å²) in [6.45, 7) is 3.45. The van der Waals surface area contributed by atoms with Gasteiger partial charge in [0.05, 0.1) is 39.6 Å². The van der Waals surface area contributed by atoms with Crippen LogP contribution in [-0.4, -0.2) is 58.9 Å². The van der Waals surface area contributed by atoms with Crippen molar-refractivity contribution in [3.63, 3.8) is 0 Å². The minimum Gasteiger partial charge on any atom is -0.446 e. The molecule has 102 valence electrons. The lowest BCUT2D eigenvalue weighted by Gasteiger charge is -2.06. The van der Waals surface area contributed by atoms with Crippen molar-refractivity contribution in [2.75, 3.05) is 52.8 Å². The van der Waals surface area contributed by atoms with Crippen LogP contribution in [0.1, 0.15) is 0 Å². The maximum absolute atomic E-state index is 10.5. The molecular weight excluding hydrogens is 230 g/mol. The molecule has 0 fully saturated rings. The van der Waals surface area contributed by atoms with Gasteiger partial charge in [-0.2, -0.15) is 0 Å². The lowest BCUT2D eigenvalue weighted by Crippen LogP contribution is -2.31. The van der Waals surface area contributed by atoms with Gasteiger partial charge in [-0.1, -0.05) is 0 Å². The van der Waals surface area contributed by atoms with Gasteiger partial charge in [-0.15, -0.1) is 0 Å². The fourth-order valence-electron chi connectivity index (χ4n) is 0.860. The summed E-state index contributed by atoms with van der Waals surface area (Å²) in [6.07, 6.45) is -0.679. The van der Waals surface area contributed by atoms with Crippen LogP contribution < -0.4 is 17.0 Å². The van der Waals surface area contributed by atoms with Crippen LogP contribution in [0.5, 0.6) is 0 Å². The predicted molar refractivity (Wildman–Crippen MR) is 60.2 cm³/mol. The van der Waals surface area contributed by atoms with Gasteiger partial charge < -0.3 is 24.7 Å². The summed E-state index contributed by atoms with van der Waals surface area (Å²) in [4.78, 5) is 10.5. The standard InChI is InChI=1S/C9H21N3O5/c10-1-2-14-3-4-15-5-6-16-7-8-17-9(13)12-11/h1-8,10-11H2,(H,12,13). The Balaban J connectivity index is 2.96. The van der Waals surface area contributed by atoms with Gasteiger partial charge in [0.1, 0.15) is 6.61 Å². The number of nitrogens with one attached hydrogen (secondary N) is 1. The average Bonchev–Trinajstić information content (AvgIpc) is 2.35. The molecule has 8 nitrogen and oxygen atoms in total. The van der Waals surface area contributed by atoms with Crippen LogP contribution in [0.4, 0.5) is 4.79 Å². The zero-order valence-corrected chi connectivity index (χ0v) is 9.85. The van der Waals surface area contributed by atoms with Gasteiger partial charge in [0.2, 0.25) is 0 Å². The van der Waals surface area contributed by atoms with Crippen molar-refractivity contribution in [2.45, 2.75) is 0 Å². The van der Waals surface area contributed by atoms with Gasteiger partial charge in [0.15, 0.2) is 0 Å². The fourth-order valence-corrected chi connectivity index (χ4v) is 0.860. The largest absolute Gasteiger partial charge is 0.446 e. The molecule has 0 aromatic heterocycles. The highest BCUT2D eigenvalue weighted by Gasteiger charge is 1.96. The molecule has 0 aromatic carbocycles. The SMILES string of the molecule is NCCOCCOCCOCCOC(=O)NN. The van der Waals surface area contributed by atoms with Crippen molar-refractivity contribution in [1.29, 1.82) is 0 Å². The molecule has 0 saturated heterocycles. The Morgan fingerprint density at radius 2 is 1.35 bits per heavy atom.